The Morgan fingerprint density at radius 2 is 0.861 bits per heavy atom. The fourth-order valence-electron chi connectivity index (χ4n) is 10.0. The van der Waals surface area contributed by atoms with Crippen molar-refractivity contribution in [2.24, 2.45) is 5.73 Å². The maximum absolute atomic E-state index is 13.4. The first-order chi connectivity index (χ1) is 36.9. The third kappa shape index (κ3) is 16.6. The van der Waals surface area contributed by atoms with Gasteiger partial charge in [-0.05, 0) is 137 Å². The lowest BCUT2D eigenvalue weighted by atomic mass is 9.64. The first-order valence-corrected chi connectivity index (χ1v) is 25.6. The molecule has 0 aromatic heterocycles. The predicted molar refractivity (Wildman–Crippen MR) is 270 cm³/mol. The number of rotatable bonds is 13. The second-order valence-electron chi connectivity index (χ2n) is 20.3. The lowest BCUT2D eigenvalue weighted by Crippen LogP contribution is -2.62. The highest BCUT2D eigenvalue weighted by molar-refractivity contribution is 5.91. The summed E-state index contributed by atoms with van der Waals surface area (Å²) in [4.78, 5) is 37.2. The maximum Gasteiger partial charge on any atom is 0.416 e. The van der Waals surface area contributed by atoms with Crippen LogP contribution in [0.2, 0.25) is 0 Å². The van der Waals surface area contributed by atoms with Crippen molar-refractivity contribution in [2.75, 3.05) is 47.6 Å². The van der Waals surface area contributed by atoms with E-state index in [4.69, 9.17) is 19.9 Å². The molecule has 11 nitrogen and oxygen atoms in total. The summed E-state index contributed by atoms with van der Waals surface area (Å²) in [5, 5.41) is 10.3. The standard InChI is InChI=1S/C27H31F6N3O3.C25H28F6N2O2.C4H8O/c1-17(18-13-20(26(28,29)30)15-21(14-18)27(31,32)33)39-16-24(19-7-5-4-6-8-19)9-11-25(12-10-24,22(37)34-2)36-23(38)35-3;1-16(17-12-19(24(26,27)28)14-20(13-17)25(29,30)31)35-15-22(18-6-4-3-5-7-18)8-10-23(32,11-9-22)21(34)33-2;1-2-4-5-3-1/h4-8,13-15,17H,9-12,16H2,1-3H3,(H,34,37)(H2,35,36,38);3-7,12-14,16H,8-11,15,32H2,1-2H3,(H,33,34);1-4H2/t17-,24?,25?;16-,22?,23?;/m11./s1. The van der Waals surface area contributed by atoms with E-state index in [0.717, 1.165) is 24.3 Å². The highest BCUT2D eigenvalue weighted by Crippen LogP contribution is 2.47. The van der Waals surface area contributed by atoms with E-state index in [9.17, 15) is 67.1 Å². The van der Waals surface area contributed by atoms with E-state index in [0.29, 0.717) is 62.8 Å². The normalized spacial score (nSPS) is 23.4. The number of benzene rings is 4. The predicted octanol–water partition coefficient (Wildman–Crippen LogP) is 12.3. The van der Waals surface area contributed by atoms with Gasteiger partial charge in [0.05, 0.1) is 53.2 Å². The minimum absolute atomic E-state index is 0.0282. The van der Waals surface area contributed by atoms with Crippen molar-refractivity contribution in [3.63, 3.8) is 0 Å². The van der Waals surface area contributed by atoms with Gasteiger partial charge in [0.2, 0.25) is 11.8 Å². The molecule has 4 aromatic rings. The summed E-state index contributed by atoms with van der Waals surface area (Å²) in [5.41, 5.74) is -1.53. The van der Waals surface area contributed by atoms with E-state index in [1.807, 2.05) is 60.7 Å². The van der Waals surface area contributed by atoms with E-state index >= 15 is 0 Å². The average Bonchev–Trinajstić information content (AvgIpc) is 4.05. The number of ether oxygens (including phenoxy) is 3. The van der Waals surface area contributed by atoms with Gasteiger partial charge in [-0.15, -0.1) is 0 Å². The van der Waals surface area contributed by atoms with Crippen molar-refractivity contribution in [1.82, 2.24) is 21.3 Å². The zero-order chi connectivity index (χ0) is 58.7. The average molecular weight is 1130 g/mol. The van der Waals surface area contributed by atoms with Crippen LogP contribution < -0.4 is 27.0 Å². The van der Waals surface area contributed by atoms with Gasteiger partial charge in [0.15, 0.2) is 0 Å². The molecular formula is C56H67F12N5O6. The second kappa shape index (κ2) is 26.1. The molecular weight excluding hydrogens is 1070 g/mol. The summed E-state index contributed by atoms with van der Waals surface area (Å²) in [6, 6.07) is 20.8. The number of carbonyl (C=O) groups is 3. The van der Waals surface area contributed by atoms with Crippen LogP contribution >= 0.6 is 0 Å². The van der Waals surface area contributed by atoms with E-state index in [2.05, 4.69) is 21.3 Å². The van der Waals surface area contributed by atoms with Crippen LogP contribution in [0, 0.1) is 0 Å². The third-order valence-corrected chi connectivity index (χ3v) is 15.1. The van der Waals surface area contributed by atoms with Crippen LogP contribution in [0.1, 0.15) is 135 Å². The number of likely N-dealkylation sites (N-methyl/N-ethyl adjacent to an activating group) is 2. The maximum atomic E-state index is 13.4. The first-order valence-electron chi connectivity index (χ1n) is 25.6. The Hall–Kier alpha value is -5.91. The molecule has 3 fully saturated rings. The van der Waals surface area contributed by atoms with Crippen molar-refractivity contribution < 1.29 is 81.3 Å². The molecule has 1 aliphatic heterocycles. The van der Waals surface area contributed by atoms with E-state index in [1.165, 1.54) is 47.8 Å². The summed E-state index contributed by atoms with van der Waals surface area (Å²) < 4.78 is 177. The topological polar surface area (TPSA) is 153 Å². The Bertz CT molecular complexity index is 2560. The highest BCUT2D eigenvalue weighted by atomic mass is 19.4. The minimum atomic E-state index is -4.97. The fraction of sp³-hybridized carbons (Fsp3) is 0.518. The molecule has 4 aromatic carbocycles. The number of nitrogens with two attached hydrogens (primary N) is 1. The largest absolute Gasteiger partial charge is 0.416 e. The van der Waals surface area contributed by atoms with Gasteiger partial charge < -0.3 is 41.2 Å². The van der Waals surface area contributed by atoms with Gasteiger partial charge in [-0.25, -0.2) is 4.79 Å². The monoisotopic (exact) mass is 1130 g/mol. The molecule has 436 valence electrons. The smallest absolute Gasteiger partial charge is 0.381 e. The Morgan fingerprint density at radius 1 is 0.519 bits per heavy atom. The summed E-state index contributed by atoms with van der Waals surface area (Å²) in [5.74, 6) is -0.650. The number of hydrogen-bond acceptors (Lipinski definition) is 7. The molecule has 2 saturated carbocycles. The molecule has 23 heteroatoms. The molecule has 7 rings (SSSR count). The van der Waals surface area contributed by atoms with Gasteiger partial charge >= 0.3 is 30.7 Å². The van der Waals surface area contributed by atoms with Gasteiger partial charge in [0, 0.05) is 45.2 Å². The van der Waals surface area contributed by atoms with Crippen molar-refractivity contribution in [2.45, 2.75) is 137 Å². The van der Waals surface area contributed by atoms with E-state index in [1.54, 1.807) is 0 Å². The van der Waals surface area contributed by atoms with Gasteiger partial charge in [-0.3, -0.25) is 9.59 Å². The number of alkyl halides is 12. The van der Waals surface area contributed by atoms with Crippen molar-refractivity contribution in [1.29, 1.82) is 0 Å². The number of amides is 4. The van der Waals surface area contributed by atoms with Crippen LogP contribution in [0.5, 0.6) is 0 Å². The molecule has 79 heavy (non-hydrogen) atoms. The second-order valence-corrected chi connectivity index (χ2v) is 20.3. The summed E-state index contributed by atoms with van der Waals surface area (Å²) in [6.45, 7) is 4.84. The van der Waals surface area contributed by atoms with Crippen molar-refractivity contribution >= 4 is 17.8 Å². The Morgan fingerprint density at radius 3 is 1.15 bits per heavy atom. The molecule has 1 saturated heterocycles. The Labute approximate surface area is 451 Å². The number of hydrogen-bond donors (Lipinski definition) is 5. The van der Waals surface area contributed by atoms with Gasteiger partial charge in [0.1, 0.15) is 5.54 Å². The molecule has 0 bridgehead atoms. The van der Waals surface area contributed by atoms with Crippen LogP contribution in [0.25, 0.3) is 0 Å². The van der Waals surface area contributed by atoms with Gasteiger partial charge in [-0.1, -0.05) is 60.7 Å². The third-order valence-electron chi connectivity index (χ3n) is 15.1. The summed E-state index contributed by atoms with van der Waals surface area (Å²) in [6.07, 6.45) is -16.6. The lowest BCUT2D eigenvalue weighted by Gasteiger charge is -2.46. The molecule has 0 spiro atoms. The molecule has 3 aliphatic rings. The minimum Gasteiger partial charge on any atom is -0.381 e. The van der Waals surface area contributed by atoms with Crippen LogP contribution in [-0.4, -0.2) is 76.5 Å². The molecule has 2 aliphatic carbocycles. The number of nitrogens with one attached hydrogen (secondary N) is 4. The number of urea groups is 1. The number of halogens is 12. The van der Waals surface area contributed by atoms with Gasteiger partial charge in [0.25, 0.3) is 0 Å². The highest BCUT2D eigenvalue weighted by Gasteiger charge is 2.50. The lowest BCUT2D eigenvalue weighted by molar-refractivity contribution is -0.145. The van der Waals surface area contributed by atoms with Crippen LogP contribution in [0.3, 0.4) is 0 Å². The van der Waals surface area contributed by atoms with E-state index < -0.39 is 87.1 Å². The Balaban J connectivity index is 0.000000267. The number of carbonyl (C=O) groups excluding carboxylic acids is 3. The molecule has 1 heterocycles. The Kier molecular flexibility index (Phi) is 21.1. The summed E-state index contributed by atoms with van der Waals surface area (Å²) >= 11 is 0. The molecule has 2 atom stereocenters. The van der Waals surface area contributed by atoms with Gasteiger partial charge in [-0.2, -0.15) is 52.7 Å². The molecule has 0 radical (unpaired) electrons. The first kappa shape index (κ1) is 63.9. The van der Waals surface area contributed by atoms with E-state index in [-0.39, 0.29) is 61.1 Å². The van der Waals surface area contributed by atoms with Crippen LogP contribution in [0.4, 0.5) is 57.5 Å². The fourth-order valence-corrected chi connectivity index (χ4v) is 10.0. The zero-order valence-electron chi connectivity index (χ0n) is 44.4. The van der Waals surface area contributed by atoms with Crippen LogP contribution in [0.15, 0.2) is 97.1 Å². The van der Waals surface area contributed by atoms with Crippen molar-refractivity contribution in [3.05, 3.63) is 142 Å². The molecule has 0 unspecified atom stereocenters. The zero-order valence-corrected chi connectivity index (χ0v) is 44.4. The summed E-state index contributed by atoms with van der Waals surface area (Å²) in [7, 11) is 4.39. The molecule has 4 amide bonds. The van der Waals surface area contributed by atoms with Crippen molar-refractivity contribution in [3.8, 4) is 0 Å². The quantitative estimate of drug-likeness (QED) is 0.0836. The van der Waals surface area contributed by atoms with Crippen LogP contribution in [-0.2, 0) is 59.3 Å². The molecule has 6 N–H and O–H groups in total. The SMILES string of the molecule is C1CCOC1.CNC(=O)C1(N)CCC(CO[C@H](C)c2cc(C(F)(F)F)cc(C(F)(F)F)c2)(c2ccccc2)CC1.CNC(=O)NC1(C(=O)NC)CCC(CO[C@H](C)c2cc(C(F)(F)F)cc(C(F)(F)F)c2)(c2ccccc2)CC1.